The van der Waals surface area contributed by atoms with Crippen LogP contribution in [0.1, 0.15) is 44.6 Å². The fraction of sp³-hybridized carbons (Fsp3) is 0.520. The van der Waals surface area contributed by atoms with E-state index in [1.54, 1.807) is 11.1 Å². The minimum Gasteiger partial charge on any atom is -0.304 e. The summed E-state index contributed by atoms with van der Waals surface area (Å²) in [5.74, 6) is 0.725. The molecule has 1 saturated heterocycles. The van der Waals surface area contributed by atoms with Crippen molar-refractivity contribution in [2.24, 2.45) is 5.92 Å². The molecule has 0 spiro atoms. The monoisotopic (exact) mass is 449 g/mol. The maximum Gasteiger partial charge on any atom is 0.248 e. The lowest BCUT2D eigenvalue weighted by molar-refractivity contribution is -0.125. The van der Waals surface area contributed by atoms with Crippen molar-refractivity contribution in [3.8, 4) is 6.07 Å². The average Bonchev–Trinajstić information content (AvgIpc) is 2.80. The van der Waals surface area contributed by atoms with E-state index >= 15 is 0 Å². The molecule has 0 atom stereocenters. The van der Waals surface area contributed by atoms with Crippen molar-refractivity contribution < 1.29 is 4.79 Å². The van der Waals surface area contributed by atoms with Crippen LogP contribution in [0.15, 0.2) is 36.5 Å². The van der Waals surface area contributed by atoms with Gasteiger partial charge in [0.15, 0.2) is 5.82 Å². The number of piperazine rings is 1. The summed E-state index contributed by atoms with van der Waals surface area (Å²) in [7, 11) is 2.16. The Morgan fingerprint density at radius 1 is 1.18 bits per heavy atom. The molecule has 8 nitrogen and oxygen atoms in total. The molecule has 1 aliphatic heterocycles. The van der Waals surface area contributed by atoms with Crippen LogP contribution in [-0.2, 0) is 16.8 Å². The standard InChI is InChI=1S/C25H35N7O/c1-19(2)17-32(23-10-11-27-22(16-26)28-23)29-24(33)25(3,4)21-8-6-20(7-9-21)18-31-14-12-30(5)13-15-31/h6-11,19H,12-15,17-18H2,1-5H3,(H,29,33). The number of amides is 1. The van der Waals surface area contributed by atoms with E-state index in [1.807, 2.05) is 19.9 Å². The Kier molecular flexibility index (Phi) is 8.01. The highest BCUT2D eigenvalue weighted by atomic mass is 16.2. The maximum atomic E-state index is 13.3. The van der Waals surface area contributed by atoms with E-state index in [0.29, 0.717) is 12.4 Å². The van der Waals surface area contributed by atoms with Gasteiger partial charge in [0.1, 0.15) is 6.07 Å². The molecular weight excluding hydrogens is 414 g/mol. The molecule has 33 heavy (non-hydrogen) atoms. The van der Waals surface area contributed by atoms with Gasteiger partial charge in [0.25, 0.3) is 0 Å². The lowest BCUT2D eigenvalue weighted by Gasteiger charge is -2.33. The number of nitriles is 1. The smallest absolute Gasteiger partial charge is 0.248 e. The number of anilines is 1. The quantitative estimate of drug-likeness (QED) is 0.620. The maximum absolute atomic E-state index is 13.3. The number of aromatic nitrogens is 2. The Bertz CT molecular complexity index is 973. The van der Waals surface area contributed by atoms with Gasteiger partial charge in [0.2, 0.25) is 11.7 Å². The predicted octanol–water partition coefficient (Wildman–Crippen LogP) is 2.57. The third-order valence-corrected chi connectivity index (χ3v) is 6.05. The molecule has 0 radical (unpaired) electrons. The number of hydrogen-bond acceptors (Lipinski definition) is 7. The lowest BCUT2D eigenvalue weighted by atomic mass is 9.83. The second-order valence-electron chi connectivity index (χ2n) is 9.70. The molecule has 2 heterocycles. The van der Waals surface area contributed by atoms with Gasteiger partial charge < -0.3 is 4.90 Å². The second-order valence-corrected chi connectivity index (χ2v) is 9.70. The van der Waals surface area contributed by atoms with E-state index in [9.17, 15) is 4.79 Å². The van der Waals surface area contributed by atoms with Crippen LogP contribution in [0.3, 0.4) is 0 Å². The summed E-state index contributed by atoms with van der Waals surface area (Å²) in [4.78, 5) is 26.3. The molecule has 0 bridgehead atoms. The number of rotatable bonds is 8. The van der Waals surface area contributed by atoms with Gasteiger partial charge in [-0.15, -0.1) is 0 Å². The van der Waals surface area contributed by atoms with Crippen molar-refractivity contribution in [2.45, 2.75) is 39.7 Å². The van der Waals surface area contributed by atoms with E-state index in [1.165, 1.54) is 11.8 Å². The van der Waals surface area contributed by atoms with Gasteiger partial charge in [-0.1, -0.05) is 38.1 Å². The molecule has 1 aliphatic rings. The number of likely N-dealkylation sites (N-methyl/N-ethyl adjacent to an activating group) is 1. The van der Waals surface area contributed by atoms with Crippen molar-refractivity contribution in [3.05, 3.63) is 53.5 Å². The number of benzene rings is 1. The first-order chi connectivity index (χ1) is 15.7. The number of carbonyl (C=O) groups excluding carboxylic acids is 1. The third kappa shape index (κ3) is 6.50. The van der Waals surface area contributed by atoms with Gasteiger partial charge in [-0.2, -0.15) is 10.2 Å². The van der Waals surface area contributed by atoms with E-state index in [-0.39, 0.29) is 17.6 Å². The minimum absolute atomic E-state index is 0.0747. The zero-order valence-corrected chi connectivity index (χ0v) is 20.4. The second kappa shape index (κ2) is 10.7. The topological polar surface area (TPSA) is 88.4 Å². The van der Waals surface area contributed by atoms with Gasteiger partial charge in [-0.3, -0.25) is 20.1 Å². The van der Waals surface area contributed by atoms with Crippen LogP contribution in [-0.4, -0.2) is 65.4 Å². The van der Waals surface area contributed by atoms with Crippen LogP contribution in [0, 0.1) is 17.2 Å². The van der Waals surface area contributed by atoms with Crippen molar-refractivity contribution in [1.29, 1.82) is 5.26 Å². The molecular formula is C25H35N7O. The summed E-state index contributed by atoms with van der Waals surface area (Å²) >= 11 is 0. The zero-order chi connectivity index (χ0) is 24.0. The van der Waals surface area contributed by atoms with Crippen molar-refractivity contribution in [2.75, 3.05) is 44.8 Å². The van der Waals surface area contributed by atoms with Gasteiger partial charge >= 0.3 is 0 Å². The lowest BCUT2D eigenvalue weighted by Crippen LogP contribution is -2.51. The van der Waals surface area contributed by atoms with Crippen LogP contribution in [0.2, 0.25) is 0 Å². The first kappa shape index (κ1) is 24.6. The fourth-order valence-electron chi connectivity index (χ4n) is 3.80. The molecule has 1 fully saturated rings. The highest BCUT2D eigenvalue weighted by molar-refractivity contribution is 5.88. The predicted molar refractivity (Wildman–Crippen MR) is 129 cm³/mol. The Morgan fingerprint density at radius 2 is 1.85 bits per heavy atom. The number of hydrogen-bond donors (Lipinski definition) is 1. The van der Waals surface area contributed by atoms with Crippen LogP contribution in [0.4, 0.5) is 5.82 Å². The first-order valence-electron chi connectivity index (χ1n) is 11.5. The fourth-order valence-corrected chi connectivity index (χ4v) is 3.80. The zero-order valence-electron chi connectivity index (χ0n) is 20.4. The van der Waals surface area contributed by atoms with Crippen molar-refractivity contribution in [3.63, 3.8) is 0 Å². The van der Waals surface area contributed by atoms with Crippen LogP contribution >= 0.6 is 0 Å². The SMILES string of the molecule is CC(C)CN(NC(=O)C(C)(C)c1ccc(CN2CCN(C)CC2)cc1)c1ccnc(C#N)n1. The van der Waals surface area contributed by atoms with E-state index in [0.717, 1.165) is 38.3 Å². The number of nitrogens with one attached hydrogen (secondary N) is 1. The summed E-state index contributed by atoms with van der Waals surface area (Å²) in [6.07, 6.45) is 1.53. The van der Waals surface area contributed by atoms with Crippen LogP contribution in [0.25, 0.3) is 0 Å². The molecule has 176 valence electrons. The third-order valence-electron chi connectivity index (χ3n) is 6.05. The van der Waals surface area contributed by atoms with Gasteiger partial charge in [0.05, 0.1) is 5.41 Å². The Hall–Kier alpha value is -3.02. The Labute approximate surface area is 197 Å². The molecule has 1 aromatic carbocycles. The Balaban J connectivity index is 1.70. The molecule has 1 amide bonds. The van der Waals surface area contributed by atoms with Gasteiger partial charge in [0, 0.05) is 51.5 Å². The van der Waals surface area contributed by atoms with Crippen molar-refractivity contribution in [1.82, 2.24) is 25.2 Å². The summed E-state index contributed by atoms with van der Waals surface area (Å²) < 4.78 is 0. The summed E-state index contributed by atoms with van der Waals surface area (Å²) in [6, 6.07) is 12.0. The molecule has 2 aromatic rings. The van der Waals surface area contributed by atoms with E-state index < -0.39 is 5.41 Å². The first-order valence-corrected chi connectivity index (χ1v) is 11.5. The van der Waals surface area contributed by atoms with Crippen molar-refractivity contribution >= 4 is 11.7 Å². The highest BCUT2D eigenvalue weighted by Gasteiger charge is 2.31. The largest absolute Gasteiger partial charge is 0.304 e. The number of carbonyl (C=O) groups is 1. The van der Waals surface area contributed by atoms with E-state index in [2.05, 4.69) is 70.4 Å². The van der Waals surface area contributed by atoms with E-state index in [4.69, 9.17) is 5.26 Å². The molecule has 1 aromatic heterocycles. The van der Waals surface area contributed by atoms with Crippen LogP contribution < -0.4 is 10.4 Å². The molecule has 0 aliphatic carbocycles. The highest BCUT2D eigenvalue weighted by Crippen LogP contribution is 2.25. The molecule has 0 unspecified atom stereocenters. The van der Waals surface area contributed by atoms with Gasteiger partial charge in [-0.25, -0.2) is 4.98 Å². The van der Waals surface area contributed by atoms with Gasteiger partial charge in [-0.05, 0) is 37.9 Å². The Morgan fingerprint density at radius 3 is 2.45 bits per heavy atom. The molecule has 1 N–H and O–H groups in total. The average molecular weight is 450 g/mol. The van der Waals surface area contributed by atoms with Crippen LogP contribution in [0.5, 0.6) is 0 Å². The molecule has 3 rings (SSSR count). The molecule has 8 heteroatoms. The summed E-state index contributed by atoms with van der Waals surface area (Å²) in [5.41, 5.74) is 4.48. The minimum atomic E-state index is -0.743. The number of nitrogens with zero attached hydrogens (tertiary/aromatic N) is 6. The normalized spacial score (nSPS) is 15.3. The summed E-state index contributed by atoms with van der Waals surface area (Å²) in [6.45, 7) is 13.8. The molecule has 0 saturated carbocycles. The summed E-state index contributed by atoms with van der Waals surface area (Å²) in [5, 5.41) is 10.8. The number of hydrazine groups is 1.